The smallest absolute Gasteiger partial charge is 0.253 e. The molecule has 0 bridgehead atoms. The highest BCUT2D eigenvalue weighted by Crippen LogP contribution is 2.34. The fourth-order valence-electron chi connectivity index (χ4n) is 4.20. The van der Waals surface area contributed by atoms with Crippen LogP contribution in [0.5, 0.6) is 0 Å². The van der Waals surface area contributed by atoms with Gasteiger partial charge in [0.25, 0.3) is 5.91 Å². The van der Waals surface area contributed by atoms with Crippen molar-refractivity contribution in [2.24, 2.45) is 5.92 Å². The molecule has 1 aromatic carbocycles. The van der Waals surface area contributed by atoms with Crippen LogP contribution >= 0.6 is 34.8 Å². The van der Waals surface area contributed by atoms with Gasteiger partial charge in [0, 0.05) is 11.6 Å². The number of hydrogen-bond donors (Lipinski definition) is 1. The summed E-state index contributed by atoms with van der Waals surface area (Å²) in [6.45, 7) is 4.74. The summed E-state index contributed by atoms with van der Waals surface area (Å²) in [5.74, 6) is 0.0998. The number of fused-ring (bicyclic) bond motifs is 1. The van der Waals surface area contributed by atoms with Crippen molar-refractivity contribution in [3.8, 4) is 0 Å². The number of alkyl halides is 3. The van der Waals surface area contributed by atoms with Crippen LogP contribution in [-0.4, -0.2) is 46.6 Å². The number of ether oxygens (including phenoxy) is 1. The number of hydrogen-bond acceptors (Lipinski definition) is 3. The maximum absolute atomic E-state index is 12.6. The van der Waals surface area contributed by atoms with Crippen LogP contribution in [0.2, 0.25) is 0 Å². The number of aryl methyl sites for hydroxylation is 1. The van der Waals surface area contributed by atoms with Crippen LogP contribution in [0.15, 0.2) is 24.3 Å². The zero-order valence-electron chi connectivity index (χ0n) is 15.6. The first-order valence-electron chi connectivity index (χ1n) is 9.64. The predicted molar refractivity (Wildman–Crippen MR) is 111 cm³/mol. The van der Waals surface area contributed by atoms with Crippen molar-refractivity contribution < 1.29 is 9.53 Å². The van der Waals surface area contributed by atoms with E-state index in [0.29, 0.717) is 24.1 Å². The standard InChI is InChI=1S/C20H27Cl3N2O2/c1-14-6-4-7-15(12-14)18(26)24-19(20(21,22)23)27-13-16-8-5-11-25-10-3-2-9-17(16)25/h4,6-7,12,16-17,19H,2-3,5,8-11,13H2,1H3,(H,24,26)/t16-,17+,19-/m0/s1. The molecule has 2 aliphatic rings. The molecule has 7 heteroatoms. The Kier molecular flexibility index (Phi) is 7.32. The van der Waals surface area contributed by atoms with Gasteiger partial charge in [0.05, 0.1) is 6.61 Å². The monoisotopic (exact) mass is 432 g/mol. The number of nitrogens with one attached hydrogen (secondary N) is 1. The molecule has 150 valence electrons. The molecule has 0 aliphatic carbocycles. The Morgan fingerprint density at radius 1 is 1.26 bits per heavy atom. The van der Waals surface area contributed by atoms with Crippen molar-refractivity contribution in [1.82, 2.24) is 10.2 Å². The molecule has 3 rings (SSSR count). The molecule has 2 saturated heterocycles. The van der Waals surface area contributed by atoms with Crippen LogP contribution < -0.4 is 5.32 Å². The predicted octanol–water partition coefficient (Wildman–Crippen LogP) is 4.70. The van der Waals surface area contributed by atoms with Crippen LogP contribution in [0.3, 0.4) is 0 Å². The van der Waals surface area contributed by atoms with Crippen molar-refractivity contribution in [2.45, 2.75) is 55.1 Å². The van der Waals surface area contributed by atoms with E-state index in [9.17, 15) is 4.79 Å². The summed E-state index contributed by atoms with van der Waals surface area (Å²) in [5, 5.41) is 2.74. The van der Waals surface area contributed by atoms with E-state index in [1.807, 2.05) is 19.1 Å². The van der Waals surface area contributed by atoms with Gasteiger partial charge in [-0.05, 0) is 63.7 Å². The average Bonchev–Trinajstić information content (AvgIpc) is 2.64. The molecule has 1 amide bonds. The summed E-state index contributed by atoms with van der Waals surface area (Å²) in [5.41, 5.74) is 1.52. The van der Waals surface area contributed by atoms with Gasteiger partial charge in [0.2, 0.25) is 3.79 Å². The first-order chi connectivity index (χ1) is 12.8. The Balaban J connectivity index is 1.62. The SMILES string of the molecule is Cc1cccc(C(=O)N[C@@H](OC[C@@H]2CCCN3CCCC[C@H]23)C(Cl)(Cl)Cl)c1. The van der Waals surface area contributed by atoms with E-state index in [4.69, 9.17) is 39.5 Å². The van der Waals surface area contributed by atoms with E-state index in [1.54, 1.807) is 12.1 Å². The summed E-state index contributed by atoms with van der Waals surface area (Å²) in [6.07, 6.45) is 5.01. The number of rotatable bonds is 5. The first kappa shape index (κ1) is 21.2. The maximum atomic E-state index is 12.6. The lowest BCUT2D eigenvalue weighted by Crippen LogP contribution is -2.51. The molecule has 0 radical (unpaired) electrons. The summed E-state index contributed by atoms with van der Waals surface area (Å²) in [6, 6.07) is 7.83. The summed E-state index contributed by atoms with van der Waals surface area (Å²) >= 11 is 18.3. The molecule has 2 fully saturated rings. The minimum atomic E-state index is -1.74. The van der Waals surface area contributed by atoms with Crippen molar-refractivity contribution >= 4 is 40.7 Å². The maximum Gasteiger partial charge on any atom is 0.253 e. The van der Waals surface area contributed by atoms with E-state index in [1.165, 1.54) is 38.8 Å². The molecule has 1 N–H and O–H groups in total. The molecule has 27 heavy (non-hydrogen) atoms. The van der Waals surface area contributed by atoms with Gasteiger partial charge in [0.15, 0.2) is 6.23 Å². The molecule has 0 spiro atoms. The lowest BCUT2D eigenvalue weighted by atomic mass is 9.84. The van der Waals surface area contributed by atoms with Crippen LogP contribution in [0, 0.1) is 12.8 Å². The van der Waals surface area contributed by atoms with Crippen molar-refractivity contribution in [3.63, 3.8) is 0 Å². The zero-order valence-corrected chi connectivity index (χ0v) is 17.9. The number of nitrogens with zero attached hydrogens (tertiary/aromatic N) is 1. The minimum Gasteiger partial charge on any atom is -0.354 e. The fourth-order valence-corrected chi connectivity index (χ4v) is 4.55. The fraction of sp³-hybridized carbons (Fsp3) is 0.650. The molecule has 0 unspecified atom stereocenters. The Morgan fingerprint density at radius 2 is 2.04 bits per heavy atom. The average molecular weight is 434 g/mol. The van der Waals surface area contributed by atoms with Gasteiger partial charge < -0.3 is 15.0 Å². The number of halogens is 3. The number of carbonyl (C=O) groups is 1. The largest absolute Gasteiger partial charge is 0.354 e. The minimum absolute atomic E-state index is 0.307. The summed E-state index contributed by atoms with van der Waals surface area (Å²) < 4.78 is 4.23. The zero-order chi connectivity index (χ0) is 19.4. The normalized spacial score (nSPS) is 24.9. The van der Waals surface area contributed by atoms with Crippen LogP contribution in [-0.2, 0) is 4.74 Å². The Hall–Kier alpha value is -0.520. The third kappa shape index (κ3) is 5.74. The van der Waals surface area contributed by atoms with Crippen LogP contribution in [0.25, 0.3) is 0 Å². The van der Waals surface area contributed by atoms with Gasteiger partial charge >= 0.3 is 0 Å². The van der Waals surface area contributed by atoms with Gasteiger partial charge in [-0.3, -0.25) is 4.79 Å². The van der Waals surface area contributed by atoms with Gasteiger partial charge in [0.1, 0.15) is 0 Å². The summed E-state index contributed by atoms with van der Waals surface area (Å²) in [7, 11) is 0. The molecule has 1 aromatic rings. The van der Waals surface area contributed by atoms with Crippen molar-refractivity contribution in [1.29, 1.82) is 0 Å². The lowest BCUT2D eigenvalue weighted by Gasteiger charge is -2.44. The molecule has 2 aliphatic heterocycles. The highest BCUT2D eigenvalue weighted by molar-refractivity contribution is 6.68. The second kappa shape index (κ2) is 9.32. The lowest BCUT2D eigenvalue weighted by molar-refractivity contribution is -0.0325. The molecule has 0 aromatic heterocycles. The molecular weight excluding hydrogens is 407 g/mol. The highest BCUT2D eigenvalue weighted by atomic mass is 35.6. The van der Waals surface area contributed by atoms with E-state index in [2.05, 4.69) is 10.2 Å². The number of piperidine rings is 2. The van der Waals surface area contributed by atoms with Gasteiger partial charge in [-0.1, -0.05) is 58.9 Å². The van der Waals surface area contributed by atoms with E-state index >= 15 is 0 Å². The van der Waals surface area contributed by atoms with Crippen LogP contribution in [0.1, 0.15) is 48.0 Å². The highest BCUT2D eigenvalue weighted by Gasteiger charge is 2.38. The Morgan fingerprint density at radius 3 is 2.78 bits per heavy atom. The molecule has 0 saturated carbocycles. The third-order valence-electron chi connectivity index (χ3n) is 5.55. The van der Waals surface area contributed by atoms with E-state index in [-0.39, 0.29) is 5.91 Å². The Bertz CT molecular complexity index is 648. The van der Waals surface area contributed by atoms with E-state index in [0.717, 1.165) is 12.0 Å². The second-order valence-electron chi connectivity index (χ2n) is 7.60. The van der Waals surface area contributed by atoms with Gasteiger partial charge in [-0.15, -0.1) is 0 Å². The Labute approximate surface area is 176 Å². The summed E-state index contributed by atoms with van der Waals surface area (Å²) in [4.78, 5) is 15.1. The third-order valence-corrected chi connectivity index (χ3v) is 6.14. The second-order valence-corrected chi connectivity index (χ2v) is 9.97. The van der Waals surface area contributed by atoms with E-state index < -0.39 is 10.0 Å². The topological polar surface area (TPSA) is 41.6 Å². The van der Waals surface area contributed by atoms with Crippen molar-refractivity contribution in [3.05, 3.63) is 35.4 Å². The molecule has 2 heterocycles. The van der Waals surface area contributed by atoms with Gasteiger partial charge in [-0.25, -0.2) is 0 Å². The first-order valence-corrected chi connectivity index (χ1v) is 10.8. The van der Waals surface area contributed by atoms with Crippen molar-refractivity contribution in [2.75, 3.05) is 19.7 Å². The quantitative estimate of drug-likeness (QED) is 0.540. The number of amides is 1. The number of carbonyl (C=O) groups excluding carboxylic acids is 1. The molecule has 3 atom stereocenters. The van der Waals surface area contributed by atoms with Gasteiger partial charge in [-0.2, -0.15) is 0 Å². The molecular formula is C20H27Cl3N2O2. The number of benzene rings is 1. The molecule has 4 nitrogen and oxygen atoms in total. The van der Waals surface area contributed by atoms with Crippen LogP contribution in [0.4, 0.5) is 0 Å².